The normalized spacial score (nSPS) is 10.6. The number of amides is 2. The molecule has 0 radical (unpaired) electrons. The minimum absolute atomic E-state index is 0.195. The van der Waals surface area contributed by atoms with Crippen LogP contribution >= 0.6 is 0 Å². The van der Waals surface area contributed by atoms with Gasteiger partial charge in [0.15, 0.2) is 0 Å². The molecule has 0 aromatic rings. The molecule has 0 aromatic heterocycles. The zero-order chi connectivity index (χ0) is 14.3. The predicted molar refractivity (Wildman–Crippen MR) is 56.7 cm³/mol. The standard InChI is InChI=1S/C10H13F3N2O3/c1-3-5-15(6-8(16)17)9(18)14(4-2)7-10(11,12)13/h1H,4-7H2,2H3,(H,16,17). The van der Waals surface area contributed by atoms with Crippen LogP contribution in [0.3, 0.4) is 0 Å². The van der Waals surface area contributed by atoms with Gasteiger partial charge in [0, 0.05) is 6.54 Å². The van der Waals surface area contributed by atoms with Gasteiger partial charge in [-0.15, -0.1) is 6.42 Å². The summed E-state index contributed by atoms with van der Waals surface area (Å²) in [6.45, 7) is -1.38. The first-order valence-corrected chi connectivity index (χ1v) is 4.97. The summed E-state index contributed by atoms with van der Waals surface area (Å²) in [5.41, 5.74) is 0. The first kappa shape index (κ1) is 16.1. The summed E-state index contributed by atoms with van der Waals surface area (Å²) in [6, 6.07) is -1.05. The molecule has 0 aliphatic carbocycles. The largest absolute Gasteiger partial charge is 0.480 e. The summed E-state index contributed by atoms with van der Waals surface area (Å²) in [6.07, 6.45) is 0.389. The van der Waals surface area contributed by atoms with Gasteiger partial charge in [-0.25, -0.2) is 4.79 Å². The highest BCUT2D eigenvalue weighted by Gasteiger charge is 2.34. The third kappa shape index (κ3) is 5.98. The Morgan fingerprint density at radius 1 is 1.33 bits per heavy atom. The molecule has 0 saturated carbocycles. The van der Waals surface area contributed by atoms with E-state index in [1.165, 1.54) is 6.92 Å². The minimum Gasteiger partial charge on any atom is -0.480 e. The van der Waals surface area contributed by atoms with Gasteiger partial charge >= 0.3 is 18.2 Å². The third-order valence-electron chi connectivity index (χ3n) is 1.90. The fraction of sp³-hybridized carbons (Fsp3) is 0.600. The zero-order valence-electron chi connectivity index (χ0n) is 9.70. The van der Waals surface area contributed by atoms with E-state index >= 15 is 0 Å². The maximum Gasteiger partial charge on any atom is 0.406 e. The van der Waals surface area contributed by atoms with Crippen LogP contribution in [-0.2, 0) is 4.79 Å². The van der Waals surface area contributed by atoms with Gasteiger partial charge < -0.3 is 14.9 Å². The summed E-state index contributed by atoms with van der Waals surface area (Å²) in [5, 5.41) is 8.54. The lowest BCUT2D eigenvalue weighted by atomic mass is 10.4. The summed E-state index contributed by atoms with van der Waals surface area (Å²) < 4.78 is 36.6. The Morgan fingerprint density at radius 2 is 1.89 bits per heavy atom. The van der Waals surface area contributed by atoms with Crippen molar-refractivity contribution in [3.05, 3.63) is 0 Å². The van der Waals surface area contributed by atoms with Crippen LogP contribution in [-0.4, -0.2) is 59.3 Å². The quantitative estimate of drug-likeness (QED) is 0.755. The minimum atomic E-state index is -4.54. The van der Waals surface area contributed by atoms with Crippen LogP contribution in [0.4, 0.5) is 18.0 Å². The Morgan fingerprint density at radius 3 is 2.22 bits per heavy atom. The molecule has 0 unspecified atom stereocenters. The van der Waals surface area contributed by atoms with E-state index in [4.69, 9.17) is 11.5 Å². The van der Waals surface area contributed by atoms with Gasteiger partial charge in [-0.1, -0.05) is 5.92 Å². The zero-order valence-corrected chi connectivity index (χ0v) is 9.70. The maximum atomic E-state index is 12.2. The van der Waals surface area contributed by atoms with E-state index in [1.807, 2.05) is 5.92 Å². The smallest absolute Gasteiger partial charge is 0.406 e. The SMILES string of the molecule is C#CCN(CC(=O)O)C(=O)N(CC)CC(F)(F)F. The summed E-state index contributed by atoms with van der Waals surface area (Å²) in [7, 11) is 0. The van der Waals surface area contributed by atoms with Crippen LogP contribution in [0.25, 0.3) is 0 Å². The first-order chi connectivity index (χ1) is 8.21. The highest BCUT2D eigenvalue weighted by atomic mass is 19.4. The number of carboxylic acid groups (broad SMARTS) is 1. The second kappa shape index (κ2) is 6.74. The van der Waals surface area contributed by atoms with E-state index in [0.29, 0.717) is 9.80 Å². The molecule has 0 atom stereocenters. The second-order valence-corrected chi connectivity index (χ2v) is 3.37. The number of terminal acetylenes is 1. The van der Waals surface area contributed by atoms with Crippen molar-refractivity contribution in [2.45, 2.75) is 13.1 Å². The van der Waals surface area contributed by atoms with Crippen molar-refractivity contribution in [2.24, 2.45) is 0 Å². The number of carbonyl (C=O) groups excluding carboxylic acids is 1. The molecule has 18 heavy (non-hydrogen) atoms. The summed E-state index contributed by atoms with van der Waals surface area (Å²) in [5.74, 6) is 0.684. The number of halogens is 3. The average molecular weight is 266 g/mol. The van der Waals surface area contributed by atoms with Crippen molar-refractivity contribution < 1.29 is 27.9 Å². The number of urea groups is 1. The second-order valence-electron chi connectivity index (χ2n) is 3.37. The molecular weight excluding hydrogens is 253 g/mol. The molecule has 0 saturated heterocycles. The van der Waals surface area contributed by atoms with Crippen molar-refractivity contribution in [1.29, 1.82) is 0 Å². The number of rotatable bonds is 5. The number of hydrogen-bond donors (Lipinski definition) is 1. The van der Waals surface area contributed by atoms with E-state index in [1.54, 1.807) is 0 Å². The van der Waals surface area contributed by atoms with Crippen molar-refractivity contribution in [3.8, 4) is 12.3 Å². The van der Waals surface area contributed by atoms with Crippen LogP contribution in [0.5, 0.6) is 0 Å². The van der Waals surface area contributed by atoms with Gasteiger partial charge in [-0.2, -0.15) is 13.2 Å². The van der Waals surface area contributed by atoms with Gasteiger partial charge in [-0.05, 0) is 6.92 Å². The molecule has 1 N–H and O–H groups in total. The fourth-order valence-electron chi connectivity index (χ4n) is 1.20. The number of alkyl halides is 3. The lowest BCUT2D eigenvalue weighted by Gasteiger charge is -2.28. The predicted octanol–water partition coefficient (Wildman–Crippen LogP) is 1.01. The van der Waals surface area contributed by atoms with E-state index in [0.717, 1.165) is 0 Å². The van der Waals surface area contributed by atoms with Gasteiger partial charge in [0.2, 0.25) is 0 Å². The molecule has 0 rings (SSSR count). The molecule has 8 heteroatoms. The third-order valence-corrected chi connectivity index (χ3v) is 1.90. The molecule has 0 bridgehead atoms. The van der Waals surface area contributed by atoms with Crippen molar-refractivity contribution in [3.63, 3.8) is 0 Å². The van der Waals surface area contributed by atoms with Crippen LogP contribution < -0.4 is 0 Å². The highest BCUT2D eigenvalue weighted by molar-refractivity contribution is 5.80. The Bertz CT molecular complexity index is 349. The van der Waals surface area contributed by atoms with Crippen LogP contribution in [0, 0.1) is 12.3 Å². The van der Waals surface area contributed by atoms with Gasteiger partial charge in [0.25, 0.3) is 0 Å². The summed E-state index contributed by atoms with van der Waals surface area (Å²) >= 11 is 0. The lowest BCUT2D eigenvalue weighted by molar-refractivity contribution is -0.141. The lowest BCUT2D eigenvalue weighted by Crippen LogP contribution is -2.48. The van der Waals surface area contributed by atoms with E-state index in [9.17, 15) is 22.8 Å². The van der Waals surface area contributed by atoms with Crippen LogP contribution in [0.2, 0.25) is 0 Å². The van der Waals surface area contributed by atoms with Gasteiger partial charge in [0.05, 0.1) is 6.54 Å². The van der Waals surface area contributed by atoms with E-state index in [-0.39, 0.29) is 13.1 Å². The first-order valence-electron chi connectivity index (χ1n) is 4.97. The highest BCUT2D eigenvalue weighted by Crippen LogP contribution is 2.17. The Kier molecular flexibility index (Phi) is 6.02. The summed E-state index contributed by atoms with van der Waals surface area (Å²) in [4.78, 5) is 23.3. The number of aliphatic carboxylic acids is 1. The molecule has 0 aliphatic rings. The number of hydrogen-bond acceptors (Lipinski definition) is 2. The number of carboxylic acids is 1. The number of carbonyl (C=O) groups is 2. The van der Waals surface area contributed by atoms with Crippen LogP contribution in [0.15, 0.2) is 0 Å². The molecule has 0 fully saturated rings. The monoisotopic (exact) mass is 266 g/mol. The molecule has 102 valence electrons. The molecule has 0 heterocycles. The molecule has 5 nitrogen and oxygen atoms in total. The topological polar surface area (TPSA) is 60.9 Å². The Labute approximate surface area is 102 Å². The Balaban J connectivity index is 4.81. The maximum absolute atomic E-state index is 12.2. The van der Waals surface area contributed by atoms with E-state index < -0.39 is 31.3 Å². The van der Waals surface area contributed by atoms with Crippen LogP contribution in [0.1, 0.15) is 6.92 Å². The Hall–Kier alpha value is -1.91. The average Bonchev–Trinajstić information content (AvgIpc) is 2.22. The molecule has 2 amide bonds. The molecule has 0 aromatic carbocycles. The fourth-order valence-corrected chi connectivity index (χ4v) is 1.20. The van der Waals surface area contributed by atoms with Crippen molar-refractivity contribution in [1.82, 2.24) is 9.80 Å². The van der Waals surface area contributed by atoms with Crippen molar-refractivity contribution in [2.75, 3.05) is 26.2 Å². The number of nitrogens with zero attached hydrogens (tertiary/aromatic N) is 2. The molecule has 0 spiro atoms. The molecular formula is C10H13F3N2O3. The van der Waals surface area contributed by atoms with Gasteiger partial charge in [-0.3, -0.25) is 4.79 Å². The van der Waals surface area contributed by atoms with Crippen molar-refractivity contribution >= 4 is 12.0 Å². The van der Waals surface area contributed by atoms with Gasteiger partial charge in [0.1, 0.15) is 13.1 Å². The molecule has 0 aliphatic heterocycles. The van der Waals surface area contributed by atoms with E-state index in [2.05, 4.69) is 0 Å².